The second-order valence-electron chi connectivity index (χ2n) is 5.10. The smallest absolute Gasteiger partial charge is 0.235 e. The molecule has 0 heterocycles. The first-order chi connectivity index (χ1) is 9.60. The average Bonchev–Trinajstić information content (AvgIpc) is 3.20. The number of nitrogens with one attached hydrogen (secondary N) is 1. The van der Waals surface area contributed by atoms with Gasteiger partial charge in [-0.15, -0.1) is 0 Å². The fraction of sp³-hybridized carbons (Fsp3) is 0.188. The Balaban J connectivity index is 1.83. The van der Waals surface area contributed by atoms with Crippen molar-refractivity contribution in [2.75, 3.05) is 5.32 Å². The van der Waals surface area contributed by atoms with E-state index in [4.69, 9.17) is 11.6 Å². The molecule has 2 aromatic carbocycles. The van der Waals surface area contributed by atoms with Crippen LogP contribution in [0.15, 0.2) is 48.5 Å². The van der Waals surface area contributed by atoms with Crippen LogP contribution in [0.1, 0.15) is 18.4 Å². The molecule has 1 fully saturated rings. The molecular formula is C16H14ClNO2. The molecule has 1 aliphatic carbocycles. The second kappa shape index (κ2) is 4.84. The molecule has 0 spiro atoms. The highest BCUT2D eigenvalue weighted by molar-refractivity contribution is 6.30. The lowest BCUT2D eigenvalue weighted by Gasteiger charge is -2.16. The summed E-state index contributed by atoms with van der Waals surface area (Å²) < 4.78 is 0. The molecule has 20 heavy (non-hydrogen) atoms. The molecule has 0 aromatic heterocycles. The van der Waals surface area contributed by atoms with Gasteiger partial charge in [0.15, 0.2) is 0 Å². The molecule has 0 saturated heterocycles. The van der Waals surface area contributed by atoms with E-state index in [0.29, 0.717) is 10.7 Å². The van der Waals surface area contributed by atoms with E-state index >= 15 is 0 Å². The Bertz CT molecular complexity index is 665. The number of amides is 1. The molecule has 0 unspecified atom stereocenters. The highest BCUT2D eigenvalue weighted by atomic mass is 35.5. The van der Waals surface area contributed by atoms with Crippen molar-refractivity contribution in [2.45, 2.75) is 18.3 Å². The summed E-state index contributed by atoms with van der Waals surface area (Å²) in [5.41, 5.74) is 1.07. The van der Waals surface area contributed by atoms with Crippen LogP contribution in [0.25, 0.3) is 0 Å². The van der Waals surface area contributed by atoms with Crippen molar-refractivity contribution in [2.24, 2.45) is 0 Å². The van der Waals surface area contributed by atoms with Crippen LogP contribution in [0.2, 0.25) is 5.02 Å². The van der Waals surface area contributed by atoms with Crippen LogP contribution in [0.4, 0.5) is 5.69 Å². The molecule has 102 valence electrons. The predicted octanol–water partition coefficient (Wildman–Crippen LogP) is 3.72. The van der Waals surface area contributed by atoms with Gasteiger partial charge in [0.1, 0.15) is 5.75 Å². The number of carbonyl (C=O) groups excluding carboxylic acids is 1. The van der Waals surface area contributed by atoms with Gasteiger partial charge >= 0.3 is 0 Å². The molecule has 0 atom stereocenters. The molecule has 0 radical (unpaired) electrons. The normalized spacial score (nSPS) is 15.7. The van der Waals surface area contributed by atoms with Crippen molar-refractivity contribution in [1.82, 2.24) is 0 Å². The summed E-state index contributed by atoms with van der Waals surface area (Å²) in [6.07, 6.45) is 1.63. The zero-order valence-electron chi connectivity index (χ0n) is 10.8. The second-order valence-corrected chi connectivity index (χ2v) is 5.53. The molecule has 3 nitrogen and oxygen atoms in total. The number of phenolic OH excluding ortho intramolecular Hbond substituents is 1. The van der Waals surface area contributed by atoms with E-state index in [0.717, 1.165) is 18.4 Å². The van der Waals surface area contributed by atoms with Gasteiger partial charge in [-0.2, -0.15) is 0 Å². The minimum Gasteiger partial charge on any atom is -0.508 e. The molecule has 4 heteroatoms. The van der Waals surface area contributed by atoms with E-state index in [-0.39, 0.29) is 11.7 Å². The van der Waals surface area contributed by atoms with Gasteiger partial charge in [-0.1, -0.05) is 29.8 Å². The van der Waals surface area contributed by atoms with Gasteiger partial charge in [0, 0.05) is 16.8 Å². The van der Waals surface area contributed by atoms with Crippen molar-refractivity contribution in [1.29, 1.82) is 0 Å². The lowest BCUT2D eigenvalue weighted by atomic mass is 9.95. The van der Waals surface area contributed by atoms with Crippen LogP contribution in [0.3, 0.4) is 0 Å². The quantitative estimate of drug-likeness (QED) is 0.904. The van der Waals surface area contributed by atoms with Crippen molar-refractivity contribution < 1.29 is 9.90 Å². The molecule has 0 aliphatic heterocycles. The maximum absolute atomic E-state index is 12.5. The maximum atomic E-state index is 12.5. The first-order valence-electron chi connectivity index (χ1n) is 6.47. The van der Waals surface area contributed by atoms with E-state index < -0.39 is 5.41 Å². The summed E-state index contributed by atoms with van der Waals surface area (Å²) in [6, 6.07) is 14.0. The summed E-state index contributed by atoms with van der Waals surface area (Å²) in [5, 5.41) is 12.9. The Hall–Kier alpha value is -2.00. The van der Waals surface area contributed by atoms with Crippen LogP contribution < -0.4 is 5.32 Å². The number of benzene rings is 2. The Morgan fingerprint density at radius 1 is 1.15 bits per heavy atom. The van der Waals surface area contributed by atoms with Crippen LogP contribution >= 0.6 is 11.6 Å². The van der Waals surface area contributed by atoms with Crippen LogP contribution in [-0.2, 0) is 10.2 Å². The first kappa shape index (κ1) is 13.0. The van der Waals surface area contributed by atoms with Gasteiger partial charge in [0.2, 0.25) is 5.91 Å². The zero-order valence-corrected chi connectivity index (χ0v) is 11.5. The maximum Gasteiger partial charge on any atom is 0.235 e. The van der Waals surface area contributed by atoms with Crippen LogP contribution in [0, 0.1) is 0 Å². The van der Waals surface area contributed by atoms with E-state index in [1.54, 1.807) is 24.3 Å². The van der Waals surface area contributed by atoms with Gasteiger partial charge in [-0.3, -0.25) is 4.79 Å². The molecule has 1 aliphatic rings. The third-order valence-electron chi connectivity index (χ3n) is 3.67. The van der Waals surface area contributed by atoms with E-state index in [1.165, 1.54) is 6.07 Å². The topological polar surface area (TPSA) is 49.3 Å². The zero-order chi connectivity index (χ0) is 14.2. The van der Waals surface area contributed by atoms with E-state index in [1.807, 2.05) is 18.2 Å². The lowest BCUT2D eigenvalue weighted by Crippen LogP contribution is -2.27. The summed E-state index contributed by atoms with van der Waals surface area (Å²) in [4.78, 5) is 12.5. The highest BCUT2D eigenvalue weighted by Crippen LogP contribution is 2.49. The molecule has 1 amide bonds. The van der Waals surface area contributed by atoms with Gasteiger partial charge in [0.05, 0.1) is 5.41 Å². The number of rotatable bonds is 3. The molecule has 3 rings (SSSR count). The number of phenols is 1. The predicted molar refractivity (Wildman–Crippen MR) is 79.1 cm³/mol. The van der Waals surface area contributed by atoms with Gasteiger partial charge < -0.3 is 10.4 Å². The minimum atomic E-state index is -0.476. The third-order valence-corrected chi connectivity index (χ3v) is 3.90. The van der Waals surface area contributed by atoms with E-state index in [9.17, 15) is 9.90 Å². The third kappa shape index (κ3) is 2.37. The van der Waals surface area contributed by atoms with E-state index in [2.05, 4.69) is 5.32 Å². The summed E-state index contributed by atoms with van der Waals surface area (Å²) in [6.45, 7) is 0. The number of hydrogen-bond donors (Lipinski definition) is 2. The standard InChI is InChI=1S/C16H14ClNO2/c17-12-4-1-3-11(9-12)16(7-8-16)15(20)18-13-5-2-6-14(19)10-13/h1-6,9-10,19H,7-8H2,(H,18,20). The Morgan fingerprint density at radius 2 is 1.90 bits per heavy atom. The molecule has 0 bridgehead atoms. The SMILES string of the molecule is O=C(Nc1cccc(O)c1)C1(c2cccc(Cl)c2)CC1. The average molecular weight is 288 g/mol. The van der Waals surface area contributed by atoms with Gasteiger partial charge in [-0.05, 0) is 42.7 Å². The number of hydrogen-bond acceptors (Lipinski definition) is 2. The fourth-order valence-corrected chi connectivity index (χ4v) is 2.58. The van der Waals surface area contributed by atoms with Crippen molar-refractivity contribution in [3.05, 3.63) is 59.1 Å². The van der Waals surface area contributed by atoms with Crippen LogP contribution in [-0.4, -0.2) is 11.0 Å². The highest BCUT2D eigenvalue weighted by Gasteiger charge is 2.51. The van der Waals surface area contributed by atoms with Gasteiger partial charge in [-0.25, -0.2) is 0 Å². The Kier molecular flexibility index (Phi) is 3.14. The monoisotopic (exact) mass is 287 g/mol. The molecule has 2 aromatic rings. The number of anilines is 1. The van der Waals surface area contributed by atoms with Crippen molar-refractivity contribution >= 4 is 23.2 Å². The van der Waals surface area contributed by atoms with Gasteiger partial charge in [0.25, 0.3) is 0 Å². The lowest BCUT2D eigenvalue weighted by molar-refractivity contribution is -0.118. The molecular weight excluding hydrogens is 274 g/mol. The van der Waals surface area contributed by atoms with Crippen molar-refractivity contribution in [3.63, 3.8) is 0 Å². The number of halogens is 1. The first-order valence-corrected chi connectivity index (χ1v) is 6.84. The van der Waals surface area contributed by atoms with Crippen molar-refractivity contribution in [3.8, 4) is 5.75 Å². The summed E-state index contributed by atoms with van der Waals surface area (Å²) in [5.74, 6) is 0.0840. The summed E-state index contributed by atoms with van der Waals surface area (Å²) >= 11 is 6.00. The Labute approximate surface area is 122 Å². The van der Waals surface area contributed by atoms with Crippen LogP contribution in [0.5, 0.6) is 5.75 Å². The molecule has 1 saturated carbocycles. The molecule has 2 N–H and O–H groups in total. The minimum absolute atomic E-state index is 0.0506. The Morgan fingerprint density at radius 3 is 2.55 bits per heavy atom. The largest absolute Gasteiger partial charge is 0.508 e. The number of carbonyl (C=O) groups is 1. The fourth-order valence-electron chi connectivity index (χ4n) is 2.39. The summed E-state index contributed by atoms with van der Waals surface area (Å²) in [7, 11) is 0. The number of aromatic hydroxyl groups is 1.